The molecule has 0 fully saturated rings. The number of nitrogens with one attached hydrogen (secondary N) is 2. The summed E-state index contributed by atoms with van der Waals surface area (Å²) in [5, 5.41) is 9.12. The topological polar surface area (TPSA) is 67.2 Å². The first-order valence-electron chi connectivity index (χ1n) is 8.68. The normalized spacial score (nSPS) is 11.9. The van der Waals surface area contributed by atoms with Crippen molar-refractivity contribution in [1.29, 1.82) is 0 Å². The quantitative estimate of drug-likeness (QED) is 0.615. The second-order valence-corrected chi connectivity index (χ2v) is 7.17. The minimum Gasteiger partial charge on any atom is -0.467 e. The largest absolute Gasteiger partial charge is 0.467 e. The van der Waals surface area contributed by atoms with E-state index in [9.17, 15) is 4.79 Å². The van der Waals surface area contributed by atoms with Gasteiger partial charge in [0.2, 0.25) is 5.91 Å². The van der Waals surface area contributed by atoms with Crippen LogP contribution in [0.4, 0.5) is 5.13 Å². The van der Waals surface area contributed by atoms with Gasteiger partial charge in [0.25, 0.3) is 0 Å². The summed E-state index contributed by atoms with van der Waals surface area (Å²) in [5.41, 5.74) is 3.33. The Morgan fingerprint density at radius 2 is 2.08 bits per heavy atom. The molecule has 0 bridgehead atoms. The number of anilines is 1. The van der Waals surface area contributed by atoms with Crippen LogP contribution in [0.3, 0.4) is 0 Å². The number of hydrogen-bond acceptors (Lipinski definition) is 5. The first-order chi connectivity index (χ1) is 12.6. The third-order valence-corrected chi connectivity index (χ3v) is 4.86. The van der Waals surface area contributed by atoms with E-state index in [-0.39, 0.29) is 11.9 Å². The van der Waals surface area contributed by atoms with Crippen molar-refractivity contribution < 1.29 is 9.21 Å². The van der Waals surface area contributed by atoms with Crippen LogP contribution in [0.5, 0.6) is 0 Å². The molecule has 0 radical (unpaired) electrons. The minimum atomic E-state index is 0.0211. The highest BCUT2D eigenvalue weighted by Gasteiger charge is 2.07. The summed E-state index contributed by atoms with van der Waals surface area (Å²) in [7, 11) is 0. The van der Waals surface area contributed by atoms with Gasteiger partial charge in [-0.05, 0) is 37.5 Å². The van der Waals surface area contributed by atoms with Crippen LogP contribution in [0.25, 0.3) is 11.3 Å². The SMILES string of the molecule is CC(=O)N[C@H](C)CCc1ccc(-c2csc(NCc3ccco3)n2)cc1. The van der Waals surface area contributed by atoms with Crippen molar-refractivity contribution in [2.75, 3.05) is 5.32 Å². The van der Waals surface area contributed by atoms with E-state index in [1.807, 2.05) is 19.1 Å². The molecule has 0 spiro atoms. The number of carbonyl (C=O) groups is 1. The molecule has 5 nitrogen and oxygen atoms in total. The number of amides is 1. The summed E-state index contributed by atoms with van der Waals surface area (Å²) in [4.78, 5) is 15.7. The van der Waals surface area contributed by atoms with Crippen molar-refractivity contribution in [3.05, 3.63) is 59.4 Å². The summed E-state index contributed by atoms with van der Waals surface area (Å²) >= 11 is 1.59. The van der Waals surface area contributed by atoms with Gasteiger partial charge in [-0.3, -0.25) is 4.79 Å². The van der Waals surface area contributed by atoms with Crippen LogP contribution < -0.4 is 10.6 Å². The van der Waals surface area contributed by atoms with Crippen LogP contribution in [0.1, 0.15) is 31.6 Å². The maximum Gasteiger partial charge on any atom is 0.217 e. The van der Waals surface area contributed by atoms with Crippen LogP contribution in [0.2, 0.25) is 0 Å². The Kier molecular flexibility index (Phi) is 6.07. The highest BCUT2D eigenvalue weighted by Crippen LogP contribution is 2.25. The maximum atomic E-state index is 11.1. The number of benzene rings is 1. The summed E-state index contributed by atoms with van der Waals surface area (Å²) in [6.45, 7) is 4.21. The molecule has 0 saturated carbocycles. The van der Waals surface area contributed by atoms with Gasteiger partial charge in [0.15, 0.2) is 5.13 Å². The molecular weight excluding hydrogens is 346 g/mol. The second-order valence-electron chi connectivity index (χ2n) is 6.31. The molecule has 1 amide bonds. The second kappa shape index (κ2) is 8.67. The van der Waals surface area contributed by atoms with E-state index in [1.165, 1.54) is 5.56 Å². The first kappa shape index (κ1) is 18.2. The Labute approximate surface area is 157 Å². The molecule has 0 aliphatic heterocycles. The Hall–Kier alpha value is -2.60. The lowest BCUT2D eigenvalue weighted by atomic mass is 10.0. The zero-order valence-corrected chi connectivity index (χ0v) is 15.8. The number of furan rings is 1. The van der Waals surface area contributed by atoms with E-state index in [0.29, 0.717) is 6.54 Å². The molecule has 0 aliphatic carbocycles. The molecule has 26 heavy (non-hydrogen) atoms. The van der Waals surface area contributed by atoms with Gasteiger partial charge >= 0.3 is 0 Å². The van der Waals surface area contributed by atoms with Crippen LogP contribution in [-0.4, -0.2) is 16.9 Å². The molecule has 6 heteroatoms. The van der Waals surface area contributed by atoms with Crippen molar-refractivity contribution in [3.63, 3.8) is 0 Å². The van der Waals surface area contributed by atoms with Crippen molar-refractivity contribution >= 4 is 22.4 Å². The third-order valence-electron chi connectivity index (χ3n) is 4.06. The van der Waals surface area contributed by atoms with E-state index in [2.05, 4.69) is 45.3 Å². The van der Waals surface area contributed by atoms with Gasteiger partial charge in [-0.2, -0.15) is 0 Å². The number of aryl methyl sites for hydroxylation is 1. The molecule has 2 N–H and O–H groups in total. The van der Waals surface area contributed by atoms with Crippen LogP contribution in [-0.2, 0) is 17.8 Å². The van der Waals surface area contributed by atoms with E-state index in [0.717, 1.165) is 35.0 Å². The van der Waals surface area contributed by atoms with E-state index < -0.39 is 0 Å². The molecular formula is C20H23N3O2S. The number of rotatable bonds is 8. The summed E-state index contributed by atoms with van der Waals surface area (Å²) in [6.07, 6.45) is 3.54. The predicted molar refractivity (Wildman–Crippen MR) is 105 cm³/mol. The summed E-state index contributed by atoms with van der Waals surface area (Å²) in [5.74, 6) is 0.910. The van der Waals surface area contributed by atoms with Crippen LogP contribution >= 0.6 is 11.3 Å². The van der Waals surface area contributed by atoms with Gasteiger partial charge < -0.3 is 15.1 Å². The first-order valence-corrected chi connectivity index (χ1v) is 9.56. The molecule has 1 atom stereocenters. The highest BCUT2D eigenvalue weighted by atomic mass is 32.1. The standard InChI is InChI=1S/C20H23N3O2S/c1-14(22-15(2)24)5-6-16-7-9-17(10-8-16)19-13-26-20(23-19)21-12-18-4-3-11-25-18/h3-4,7-11,13-14H,5-6,12H2,1-2H3,(H,21,23)(H,22,24)/t14-/m1/s1. The van der Waals surface area contributed by atoms with E-state index in [1.54, 1.807) is 24.5 Å². The maximum absolute atomic E-state index is 11.1. The Balaban J connectivity index is 1.54. The molecule has 0 aliphatic rings. The van der Waals surface area contributed by atoms with Crippen molar-refractivity contribution in [1.82, 2.24) is 10.3 Å². The number of hydrogen-bond donors (Lipinski definition) is 2. The average molecular weight is 369 g/mol. The van der Waals surface area contributed by atoms with Gasteiger partial charge in [0.05, 0.1) is 18.5 Å². The summed E-state index contributed by atoms with van der Waals surface area (Å²) in [6, 6.07) is 12.5. The molecule has 0 saturated heterocycles. The molecule has 0 unspecified atom stereocenters. The van der Waals surface area contributed by atoms with Gasteiger partial charge in [-0.1, -0.05) is 24.3 Å². The summed E-state index contributed by atoms with van der Waals surface area (Å²) < 4.78 is 5.31. The molecule has 2 aromatic heterocycles. The van der Waals surface area contributed by atoms with Gasteiger partial charge in [0, 0.05) is 23.9 Å². The monoisotopic (exact) mass is 369 g/mol. The fraction of sp³-hybridized carbons (Fsp3) is 0.300. The number of aromatic nitrogens is 1. The van der Waals surface area contributed by atoms with E-state index >= 15 is 0 Å². The Morgan fingerprint density at radius 3 is 2.77 bits per heavy atom. The zero-order chi connectivity index (χ0) is 18.4. The lowest BCUT2D eigenvalue weighted by Crippen LogP contribution is -2.30. The number of thiazole rings is 1. The smallest absolute Gasteiger partial charge is 0.217 e. The molecule has 1 aromatic carbocycles. The average Bonchev–Trinajstić information content (AvgIpc) is 3.30. The van der Waals surface area contributed by atoms with Crippen LogP contribution in [0.15, 0.2) is 52.5 Å². The Bertz CT molecular complexity index is 825. The van der Waals surface area contributed by atoms with Crippen molar-refractivity contribution in [3.8, 4) is 11.3 Å². The molecule has 3 aromatic rings. The molecule has 3 rings (SSSR count). The van der Waals surface area contributed by atoms with Gasteiger partial charge in [0.1, 0.15) is 5.76 Å². The minimum absolute atomic E-state index is 0.0211. The van der Waals surface area contributed by atoms with Gasteiger partial charge in [-0.15, -0.1) is 11.3 Å². The fourth-order valence-corrected chi connectivity index (χ4v) is 3.43. The lowest BCUT2D eigenvalue weighted by molar-refractivity contribution is -0.119. The molecule has 136 valence electrons. The zero-order valence-electron chi connectivity index (χ0n) is 15.0. The van der Waals surface area contributed by atoms with E-state index in [4.69, 9.17) is 4.42 Å². The third kappa shape index (κ3) is 5.20. The highest BCUT2D eigenvalue weighted by molar-refractivity contribution is 7.14. The molecule has 2 heterocycles. The van der Waals surface area contributed by atoms with Crippen molar-refractivity contribution in [2.45, 2.75) is 39.3 Å². The fourth-order valence-electron chi connectivity index (χ4n) is 2.71. The number of nitrogens with zero attached hydrogens (tertiary/aromatic N) is 1. The Morgan fingerprint density at radius 1 is 1.27 bits per heavy atom. The van der Waals surface area contributed by atoms with Crippen LogP contribution in [0, 0.1) is 0 Å². The van der Waals surface area contributed by atoms with Gasteiger partial charge in [-0.25, -0.2) is 4.98 Å². The predicted octanol–water partition coefficient (Wildman–Crippen LogP) is 4.47. The lowest BCUT2D eigenvalue weighted by Gasteiger charge is -2.12. The van der Waals surface area contributed by atoms with Crippen molar-refractivity contribution in [2.24, 2.45) is 0 Å². The number of carbonyl (C=O) groups excluding carboxylic acids is 1.